The SMILES string of the molecule is CCC(=O)c1ccc(Cn2c(=O)n(CCc3ccccc3)c(=O)c3cccnc32)cc1. The monoisotopic (exact) mass is 413 g/mol. The van der Waals surface area contributed by atoms with E-state index in [0.717, 1.165) is 11.1 Å². The molecule has 0 aliphatic rings. The molecule has 6 heteroatoms. The molecule has 6 nitrogen and oxygen atoms in total. The van der Waals surface area contributed by atoms with Gasteiger partial charge in [-0.3, -0.25) is 18.7 Å². The summed E-state index contributed by atoms with van der Waals surface area (Å²) in [5.41, 5.74) is 2.21. The van der Waals surface area contributed by atoms with Crippen LogP contribution in [0.15, 0.2) is 82.5 Å². The van der Waals surface area contributed by atoms with Crippen molar-refractivity contribution in [1.29, 1.82) is 0 Å². The first-order chi connectivity index (χ1) is 15.1. The van der Waals surface area contributed by atoms with Crippen molar-refractivity contribution in [3.8, 4) is 0 Å². The standard InChI is InChI=1S/C25H23N3O3/c1-2-22(29)20-12-10-19(11-13-20)17-28-23-21(9-6-15-26-23)24(30)27(25(28)31)16-14-18-7-4-3-5-8-18/h3-13,15H,2,14,16-17H2,1H3. The zero-order valence-corrected chi connectivity index (χ0v) is 17.3. The van der Waals surface area contributed by atoms with Gasteiger partial charge >= 0.3 is 5.69 Å². The predicted molar refractivity (Wildman–Crippen MR) is 121 cm³/mol. The van der Waals surface area contributed by atoms with Gasteiger partial charge in [-0.15, -0.1) is 0 Å². The number of Topliss-reactive ketones (excluding diaryl/α,β-unsaturated/α-hetero) is 1. The zero-order chi connectivity index (χ0) is 21.8. The van der Waals surface area contributed by atoms with Gasteiger partial charge in [0.25, 0.3) is 5.56 Å². The normalized spacial score (nSPS) is 11.0. The highest BCUT2D eigenvalue weighted by atomic mass is 16.2. The maximum absolute atomic E-state index is 13.3. The minimum atomic E-state index is -0.388. The van der Waals surface area contributed by atoms with Crippen molar-refractivity contribution in [2.75, 3.05) is 0 Å². The Bertz CT molecular complexity index is 1340. The van der Waals surface area contributed by atoms with Crippen molar-refractivity contribution in [2.24, 2.45) is 0 Å². The van der Waals surface area contributed by atoms with Gasteiger partial charge in [-0.2, -0.15) is 0 Å². The smallest absolute Gasteiger partial charge is 0.294 e. The lowest BCUT2D eigenvalue weighted by atomic mass is 10.1. The number of benzene rings is 2. The summed E-state index contributed by atoms with van der Waals surface area (Å²) < 4.78 is 2.81. The highest BCUT2D eigenvalue weighted by Gasteiger charge is 2.14. The van der Waals surface area contributed by atoms with Gasteiger partial charge in [0, 0.05) is 24.7 Å². The molecular formula is C25H23N3O3. The molecule has 0 atom stereocenters. The van der Waals surface area contributed by atoms with E-state index >= 15 is 0 Å². The molecule has 4 rings (SSSR count). The lowest BCUT2D eigenvalue weighted by molar-refractivity contribution is 0.0988. The van der Waals surface area contributed by atoms with Gasteiger partial charge in [0.05, 0.1) is 11.9 Å². The van der Waals surface area contributed by atoms with Crippen molar-refractivity contribution in [2.45, 2.75) is 32.9 Å². The highest BCUT2D eigenvalue weighted by Crippen LogP contribution is 2.11. The Morgan fingerprint density at radius 1 is 0.871 bits per heavy atom. The average molecular weight is 413 g/mol. The molecule has 0 radical (unpaired) electrons. The van der Waals surface area contributed by atoms with Gasteiger partial charge in [-0.1, -0.05) is 61.5 Å². The van der Waals surface area contributed by atoms with Crippen LogP contribution in [0, 0.1) is 0 Å². The van der Waals surface area contributed by atoms with E-state index in [1.54, 1.807) is 30.5 Å². The number of aromatic nitrogens is 3. The molecule has 0 saturated carbocycles. The second-order valence-corrected chi connectivity index (χ2v) is 7.41. The van der Waals surface area contributed by atoms with E-state index in [-0.39, 0.29) is 30.1 Å². The Morgan fingerprint density at radius 3 is 2.32 bits per heavy atom. The number of rotatable bonds is 7. The number of carbonyl (C=O) groups excluding carboxylic acids is 1. The number of carbonyl (C=O) groups is 1. The lowest BCUT2D eigenvalue weighted by Gasteiger charge is -2.14. The zero-order valence-electron chi connectivity index (χ0n) is 17.3. The number of aryl methyl sites for hydroxylation is 1. The molecule has 0 bridgehead atoms. The van der Waals surface area contributed by atoms with Gasteiger partial charge in [-0.05, 0) is 29.7 Å². The van der Waals surface area contributed by atoms with Gasteiger partial charge in [0.2, 0.25) is 0 Å². The van der Waals surface area contributed by atoms with E-state index in [4.69, 9.17) is 0 Å². The summed E-state index contributed by atoms with van der Waals surface area (Å²) in [5, 5.41) is 0.410. The molecular weight excluding hydrogens is 390 g/mol. The van der Waals surface area contributed by atoms with Crippen LogP contribution in [0.1, 0.15) is 34.8 Å². The van der Waals surface area contributed by atoms with Crippen molar-refractivity contribution in [3.05, 3.63) is 110 Å². The number of fused-ring (bicyclic) bond motifs is 1. The van der Waals surface area contributed by atoms with E-state index in [0.29, 0.717) is 29.4 Å². The molecule has 0 amide bonds. The molecule has 0 unspecified atom stereocenters. The minimum Gasteiger partial charge on any atom is -0.294 e. The maximum atomic E-state index is 13.3. The molecule has 0 aliphatic carbocycles. The number of hydrogen-bond donors (Lipinski definition) is 0. The molecule has 0 spiro atoms. The summed E-state index contributed by atoms with van der Waals surface area (Å²) in [6.07, 6.45) is 2.60. The third-order valence-corrected chi connectivity index (χ3v) is 5.38. The van der Waals surface area contributed by atoms with Crippen LogP contribution in [0.3, 0.4) is 0 Å². The van der Waals surface area contributed by atoms with Crippen LogP contribution >= 0.6 is 0 Å². The molecule has 0 saturated heterocycles. The number of nitrogens with zero attached hydrogens (tertiary/aromatic N) is 3. The molecule has 0 fully saturated rings. The summed E-state index contributed by atoms with van der Waals surface area (Å²) in [6.45, 7) is 2.38. The fraction of sp³-hybridized carbons (Fsp3) is 0.200. The van der Waals surface area contributed by atoms with Crippen LogP contribution in [0.25, 0.3) is 11.0 Å². The molecule has 156 valence electrons. The third-order valence-electron chi connectivity index (χ3n) is 5.38. The Morgan fingerprint density at radius 2 is 1.61 bits per heavy atom. The lowest BCUT2D eigenvalue weighted by Crippen LogP contribution is -2.41. The first kappa shape index (κ1) is 20.5. The van der Waals surface area contributed by atoms with E-state index < -0.39 is 0 Å². The van der Waals surface area contributed by atoms with Gasteiger partial charge in [-0.25, -0.2) is 9.78 Å². The molecule has 2 heterocycles. The first-order valence-corrected chi connectivity index (χ1v) is 10.3. The fourth-order valence-corrected chi connectivity index (χ4v) is 3.66. The maximum Gasteiger partial charge on any atom is 0.332 e. The second-order valence-electron chi connectivity index (χ2n) is 7.41. The van der Waals surface area contributed by atoms with E-state index in [9.17, 15) is 14.4 Å². The van der Waals surface area contributed by atoms with Gasteiger partial charge in [0.1, 0.15) is 5.65 Å². The highest BCUT2D eigenvalue weighted by molar-refractivity contribution is 5.95. The van der Waals surface area contributed by atoms with Crippen LogP contribution < -0.4 is 11.2 Å². The molecule has 2 aromatic carbocycles. The number of pyridine rings is 1. The molecule has 0 N–H and O–H groups in total. The fourth-order valence-electron chi connectivity index (χ4n) is 3.66. The molecule has 4 aromatic rings. The van der Waals surface area contributed by atoms with E-state index in [2.05, 4.69) is 4.98 Å². The van der Waals surface area contributed by atoms with Crippen LogP contribution in [0.5, 0.6) is 0 Å². The Hall–Kier alpha value is -3.80. The van der Waals surface area contributed by atoms with Crippen LogP contribution in [-0.4, -0.2) is 19.9 Å². The minimum absolute atomic E-state index is 0.0743. The molecule has 31 heavy (non-hydrogen) atoms. The van der Waals surface area contributed by atoms with Gasteiger partial charge in [0.15, 0.2) is 5.78 Å². The van der Waals surface area contributed by atoms with Crippen molar-refractivity contribution in [3.63, 3.8) is 0 Å². The summed E-state index contributed by atoms with van der Waals surface area (Å²) in [7, 11) is 0. The van der Waals surface area contributed by atoms with Gasteiger partial charge < -0.3 is 0 Å². The third kappa shape index (κ3) is 4.23. The van der Waals surface area contributed by atoms with Crippen molar-refractivity contribution in [1.82, 2.24) is 14.1 Å². The number of hydrogen-bond acceptors (Lipinski definition) is 4. The van der Waals surface area contributed by atoms with Crippen LogP contribution in [0.2, 0.25) is 0 Å². The Balaban J connectivity index is 1.74. The van der Waals surface area contributed by atoms with Crippen molar-refractivity contribution >= 4 is 16.8 Å². The first-order valence-electron chi connectivity index (χ1n) is 10.3. The van der Waals surface area contributed by atoms with Crippen molar-refractivity contribution < 1.29 is 4.79 Å². The quantitative estimate of drug-likeness (QED) is 0.435. The topological polar surface area (TPSA) is 74.0 Å². The number of ketones is 1. The predicted octanol–water partition coefficient (Wildman–Crippen LogP) is 3.44. The summed E-state index contributed by atoms with van der Waals surface area (Å²) in [5.74, 6) is 0.0743. The Labute approximate surface area is 179 Å². The summed E-state index contributed by atoms with van der Waals surface area (Å²) in [6, 6.07) is 20.4. The molecule has 0 aliphatic heterocycles. The van der Waals surface area contributed by atoms with E-state index in [1.807, 2.05) is 49.4 Å². The summed E-state index contributed by atoms with van der Waals surface area (Å²) in [4.78, 5) is 42.5. The van der Waals surface area contributed by atoms with Crippen LogP contribution in [-0.2, 0) is 19.5 Å². The molecule has 2 aromatic heterocycles. The van der Waals surface area contributed by atoms with E-state index in [1.165, 1.54) is 9.13 Å². The summed E-state index contributed by atoms with van der Waals surface area (Å²) >= 11 is 0. The average Bonchev–Trinajstić information content (AvgIpc) is 2.82. The largest absolute Gasteiger partial charge is 0.332 e. The van der Waals surface area contributed by atoms with Crippen LogP contribution in [0.4, 0.5) is 0 Å². The second kappa shape index (κ2) is 8.92. The Kier molecular flexibility index (Phi) is 5.89.